The maximum Gasteiger partial charge on any atom is 0.335 e. The first-order valence-electron chi connectivity index (χ1n) is 6.52. The molecule has 6 heteroatoms. The molecule has 0 atom stereocenters. The third kappa shape index (κ3) is 4.59. The van der Waals surface area contributed by atoms with Crippen LogP contribution in [0.3, 0.4) is 0 Å². The van der Waals surface area contributed by atoms with Gasteiger partial charge in [-0.2, -0.15) is 0 Å². The van der Waals surface area contributed by atoms with Crippen LogP contribution in [0.15, 0.2) is 48.5 Å². The van der Waals surface area contributed by atoms with Crippen LogP contribution in [0, 0.1) is 5.82 Å². The normalized spacial score (nSPS) is 10.0. The van der Waals surface area contributed by atoms with Crippen molar-refractivity contribution in [3.05, 3.63) is 65.5 Å². The van der Waals surface area contributed by atoms with Crippen LogP contribution in [0.4, 0.5) is 4.39 Å². The van der Waals surface area contributed by atoms with Gasteiger partial charge in [-0.15, -0.1) is 0 Å². The molecule has 0 spiro atoms. The Kier molecular flexibility index (Phi) is 5.08. The lowest BCUT2D eigenvalue weighted by Gasteiger charge is -2.08. The Hall–Kier alpha value is -2.89. The molecular formula is C16H14FNO4. The van der Waals surface area contributed by atoms with Crippen molar-refractivity contribution in [2.45, 2.75) is 6.54 Å². The third-order valence-corrected chi connectivity index (χ3v) is 2.87. The summed E-state index contributed by atoms with van der Waals surface area (Å²) in [5, 5.41) is 11.4. The first kappa shape index (κ1) is 15.5. The molecule has 5 nitrogen and oxygen atoms in total. The van der Waals surface area contributed by atoms with Crippen molar-refractivity contribution in [3.8, 4) is 5.75 Å². The van der Waals surface area contributed by atoms with Crippen LogP contribution in [0.25, 0.3) is 0 Å². The van der Waals surface area contributed by atoms with Crippen LogP contribution in [-0.2, 0) is 11.3 Å². The first-order valence-corrected chi connectivity index (χ1v) is 6.52. The molecule has 2 aromatic rings. The van der Waals surface area contributed by atoms with Crippen LogP contribution in [0.2, 0.25) is 0 Å². The molecule has 114 valence electrons. The zero-order valence-electron chi connectivity index (χ0n) is 11.6. The van der Waals surface area contributed by atoms with Crippen molar-refractivity contribution in [1.82, 2.24) is 5.32 Å². The number of carboxylic acid groups (broad SMARTS) is 1. The molecule has 1 amide bonds. The van der Waals surface area contributed by atoms with E-state index in [1.54, 1.807) is 12.1 Å². The number of hydrogen-bond acceptors (Lipinski definition) is 3. The Balaban J connectivity index is 1.77. The molecule has 2 N–H and O–H groups in total. The molecule has 0 radical (unpaired) electrons. The minimum Gasteiger partial charge on any atom is -0.484 e. The number of benzene rings is 2. The maximum atomic E-state index is 12.7. The van der Waals surface area contributed by atoms with Crippen molar-refractivity contribution < 1.29 is 23.8 Å². The minimum atomic E-state index is -0.997. The number of carbonyl (C=O) groups is 2. The van der Waals surface area contributed by atoms with Gasteiger partial charge < -0.3 is 15.2 Å². The first-order chi connectivity index (χ1) is 10.5. The van der Waals surface area contributed by atoms with Gasteiger partial charge in [0, 0.05) is 6.54 Å². The van der Waals surface area contributed by atoms with Crippen LogP contribution >= 0.6 is 0 Å². The molecule has 0 saturated carbocycles. The summed E-state index contributed by atoms with van der Waals surface area (Å²) >= 11 is 0. The fraction of sp³-hybridized carbons (Fsp3) is 0.125. The van der Waals surface area contributed by atoms with Gasteiger partial charge in [0.1, 0.15) is 11.6 Å². The highest BCUT2D eigenvalue weighted by Crippen LogP contribution is 2.10. The summed E-state index contributed by atoms with van der Waals surface area (Å²) in [7, 11) is 0. The molecule has 0 aliphatic carbocycles. The predicted molar refractivity (Wildman–Crippen MR) is 77.1 cm³/mol. The molecule has 0 aliphatic heterocycles. The minimum absolute atomic E-state index is 0.182. The van der Waals surface area contributed by atoms with E-state index in [1.165, 1.54) is 36.4 Å². The number of hydrogen-bond donors (Lipinski definition) is 2. The van der Waals surface area contributed by atoms with E-state index in [0.717, 1.165) is 5.56 Å². The van der Waals surface area contributed by atoms with E-state index in [-0.39, 0.29) is 30.4 Å². The third-order valence-electron chi connectivity index (χ3n) is 2.87. The lowest BCUT2D eigenvalue weighted by atomic mass is 10.1. The van der Waals surface area contributed by atoms with Crippen LogP contribution in [0.5, 0.6) is 5.75 Å². The molecule has 0 aromatic heterocycles. The standard InChI is InChI=1S/C16H14FNO4/c17-13-5-7-14(8-6-13)22-10-15(19)18-9-11-1-3-12(4-2-11)16(20)21/h1-8H,9-10H2,(H,18,19)(H,20,21). The highest BCUT2D eigenvalue weighted by Gasteiger charge is 2.05. The summed E-state index contributed by atoms with van der Waals surface area (Å²) in [6.07, 6.45) is 0. The van der Waals surface area contributed by atoms with E-state index in [0.29, 0.717) is 5.75 Å². The van der Waals surface area contributed by atoms with Crippen molar-refractivity contribution in [3.63, 3.8) is 0 Å². The highest BCUT2D eigenvalue weighted by molar-refractivity contribution is 5.87. The fourth-order valence-corrected chi connectivity index (χ4v) is 1.70. The summed E-state index contributed by atoms with van der Waals surface area (Å²) in [5.74, 6) is -1.29. The molecule has 0 aliphatic rings. The average Bonchev–Trinajstić information content (AvgIpc) is 2.52. The molecule has 0 unspecified atom stereocenters. The summed E-state index contributed by atoms with van der Waals surface area (Å²) in [6, 6.07) is 11.6. The Morgan fingerprint density at radius 2 is 1.68 bits per heavy atom. The summed E-state index contributed by atoms with van der Waals surface area (Å²) in [5.41, 5.74) is 0.967. The average molecular weight is 303 g/mol. The SMILES string of the molecule is O=C(COc1ccc(F)cc1)NCc1ccc(C(=O)O)cc1. The number of carbonyl (C=O) groups excluding carboxylic acids is 1. The number of nitrogens with one attached hydrogen (secondary N) is 1. The number of aromatic carboxylic acids is 1. The fourth-order valence-electron chi connectivity index (χ4n) is 1.70. The van der Waals surface area contributed by atoms with Crippen LogP contribution in [0.1, 0.15) is 15.9 Å². The number of carboxylic acids is 1. The van der Waals surface area contributed by atoms with Gasteiger partial charge >= 0.3 is 5.97 Å². The quantitative estimate of drug-likeness (QED) is 0.858. The smallest absolute Gasteiger partial charge is 0.335 e. The second-order valence-electron chi connectivity index (χ2n) is 4.52. The van der Waals surface area contributed by atoms with E-state index in [9.17, 15) is 14.0 Å². The van der Waals surface area contributed by atoms with Crippen molar-refractivity contribution in [2.75, 3.05) is 6.61 Å². The second kappa shape index (κ2) is 7.21. The molecule has 0 saturated heterocycles. The van der Waals surface area contributed by atoms with Crippen LogP contribution < -0.4 is 10.1 Å². The Bertz CT molecular complexity index is 653. The van der Waals surface area contributed by atoms with Crippen molar-refractivity contribution in [1.29, 1.82) is 0 Å². The zero-order chi connectivity index (χ0) is 15.9. The molecule has 2 aromatic carbocycles. The predicted octanol–water partition coefficient (Wildman–Crippen LogP) is 2.22. The van der Waals surface area contributed by atoms with Gasteiger partial charge in [-0.3, -0.25) is 4.79 Å². The van der Waals surface area contributed by atoms with Crippen molar-refractivity contribution >= 4 is 11.9 Å². The Morgan fingerprint density at radius 1 is 1.05 bits per heavy atom. The van der Waals surface area contributed by atoms with Gasteiger partial charge in [-0.05, 0) is 42.0 Å². The molecule has 0 fully saturated rings. The van der Waals surface area contributed by atoms with E-state index in [2.05, 4.69) is 5.32 Å². The molecule has 2 rings (SSSR count). The summed E-state index contributed by atoms with van der Waals surface area (Å²) in [6.45, 7) is 0.0877. The lowest BCUT2D eigenvalue weighted by Crippen LogP contribution is -2.28. The van der Waals surface area contributed by atoms with Gasteiger partial charge in [0.05, 0.1) is 5.56 Å². The van der Waals surface area contributed by atoms with E-state index in [4.69, 9.17) is 9.84 Å². The zero-order valence-corrected chi connectivity index (χ0v) is 11.6. The Morgan fingerprint density at radius 3 is 2.27 bits per heavy atom. The number of halogens is 1. The topological polar surface area (TPSA) is 75.6 Å². The number of ether oxygens (including phenoxy) is 1. The molecular weight excluding hydrogens is 289 g/mol. The van der Waals surface area contributed by atoms with Crippen molar-refractivity contribution in [2.24, 2.45) is 0 Å². The summed E-state index contributed by atoms with van der Waals surface area (Å²) < 4.78 is 17.9. The molecule has 0 bridgehead atoms. The lowest BCUT2D eigenvalue weighted by molar-refractivity contribution is -0.123. The van der Waals surface area contributed by atoms with E-state index < -0.39 is 5.97 Å². The Labute approximate surface area is 126 Å². The molecule has 22 heavy (non-hydrogen) atoms. The molecule has 0 heterocycles. The van der Waals surface area contributed by atoms with E-state index in [1.807, 2.05) is 0 Å². The van der Waals surface area contributed by atoms with Crippen LogP contribution in [-0.4, -0.2) is 23.6 Å². The van der Waals surface area contributed by atoms with Gasteiger partial charge in [0.15, 0.2) is 6.61 Å². The largest absolute Gasteiger partial charge is 0.484 e. The van der Waals surface area contributed by atoms with Gasteiger partial charge in [-0.25, -0.2) is 9.18 Å². The number of rotatable bonds is 6. The van der Waals surface area contributed by atoms with Gasteiger partial charge in [-0.1, -0.05) is 12.1 Å². The second-order valence-corrected chi connectivity index (χ2v) is 4.52. The highest BCUT2D eigenvalue weighted by atomic mass is 19.1. The monoisotopic (exact) mass is 303 g/mol. The van der Waals surface area contributed by atoms with Gasteiger partial charge in [0.2, 0.25) is 0 Å². The maximum absolute atomic E-state index is 12.7. The van der Waals surface area contributed by atoms with E-state index >= 15 is 0 Å². The summed E-state index contributed by atoms with van der Waals surface area (Å²) in [4.78, 5) is 22.3. The number of amides is 1. The van der Waals surface area contributed by atoms with Gasteiger partial charge in [0.25, 0.3) is 5.91 Å².